The van der Waals surface area contributed by atoms with E-state index in [-0.39, 0.29) is 0 Å². The Bertz CT molecular complexity index is 460. The van der Waals surface area contributed by atoms with Gasteiger partial charge in [0, 0.05) is 0 Å². The second-order valence-corrected chi connectivity index (χ2v) is 6.23. The third-order valence-electron chi connectivity index (χ3n) is 1.74. The number of thiophene rings is 1. The average Bonchev–Trinajstić information content (AvgIpc) is 2.61. The van der Waals surface area contributed by atoms with Crippen LogP contribution in [0.3, 0.4) is 0 Å². The molecule has 0 aliphatic heterocycles. The summed E-state index contributed by atoms with van der Waals surface area (Å²) in [5.41, 5.74) is 6.79. The molecule has 2 aromatic heterocycles. The van der Waals surface area contributed by atoms with E-state index in [4.69, 9.17) is 10.3 Å². The van der Waals surface area contributed by atoms with Crippen LogP contribution in [0, 0.1) is 10.5 Å². The monoisotopic (exact) mass is 384 g/mol. The molecule has 14 heavy (non-hydrogen) atoms. The molecule has 0 bridgehead atoms. The molecule has 0 radical (unpaired) electrons. The summed E-state index contributed by atoms with van der Waals surface area (Å²) in [6.07, 6.45) is 0. The first-order valence-corrected chi connectivity index (χ1v) is 6.45. The largest absolute Gasteiger partial charge is 0.380 e. The predicted molar refractivity (Wildman–Crippen MR) is 69.4 cm³/mol. The number of aromatic nitrogens is 1. The molecule has 2 N–H and O–H groups in total. The molecule has 0 fully saturated rings. The zero-order valence-electron chi connectivity index (χ0n) is 7.17. The molecule has 0 aliphatic carbocycles. The molecule has 0 aliphatic rings. The van der Waals surface area contributed by atoms with Gasteiger partial charge in [-0.1, -0.05) is 5.16 Å². The van der Waals surface area contributed by atoms with Gasteiger partial charge in [-0.25, -0.2) is 0 Å². The Morgan fingerprint density at radius 3 is 2.79 bits per heavy atom. The number of rotatable bonds is 1. The summed E-state index contributed by atoms with van der Waals surface area (Å²) in [5.74, 6) is 1.20. The van der Waals surface area contributed by atoms with Gasteiger partial charge >= 0.3 is 0 Å². The third kappa shape index (κ3) is 1.70. The normalized spacial score (nSPS) is 10.8. The molecule has 2 aromatic rings. The van der Waals surface area contributed by atoms with Crippen LogP contribution < -0.4 is 5.73 Å². The summed E-state index contributed by atoms with van der Waals surface area (Å²) >= 11 is 7.22. The van der Waals surface area contributed by atoms with Crippen molar-refractivity contribution < 1.29 is 4.52 Å². The van der Waals surface area contributed by atoms with E-state index in [1.165, 1.54) is 5.56 Å². The van der Waals surface area contributed by atoms with E-state index < -0.39 is 0 Å². The molecule has 0 aromatic carbocycles. The summed E-state index contributed by atoms with van der Waals surface area (Å²) in [6.45, 7) is 2.04. The highest BCUT2D eigenvalue weighted by Gasteiger charge is 2.15. The predicted octanol–water partition coefficient (Wildman–Crippen LogP) is 3.66. The SMILES string of the molecule is Cc1cc(-c2onc(N)c2I)sc1Br. The molecule has 74 valence electrons. The lowest BCUT2D eigenvalue weighted by Gasteiger charge is -1.88. The maximum Gasteiger partial charge on any atom is 0.192 e. The van der Waals surface area contributed by atoms with Crippen LogP contribution in [0.15, 0.2) is 14.4 Å². The summed E-state index contributed by atoms with van der Waals surface area (Å²) in [4.78, 5) is 1.04. The maximum atomic E-state index is 5.60. The van der Waals surface area contributed by atoms with E-state index in [1.54, 1.807) is 11.3 Å². The molecule has 2 rings (SSSR count). The molecule has 0 atom stereocenters. The van der Waals surface area contributed by atoms with Gasteiger partial charge in [-0.2, -0.15) is 0 Å². The van der Waals surface area contributed by atoms with Crippen molar-refractivity contribution >= 4 is 55.7 Å². The number of hydrogen-bond donors (Lipinski definition) is 1. The highest BCUT2D eigenvalue weighted by Crippen LogP contribution is 2.38. The Labute approximate surface area is 107 Å². The van der Waals surface area contributed by atoms with Gasteiger partial charge in [-0.15, -0.1) is 11.3 Å². The number of halogens is 2. The van der Waals surface area contributed by atoms with Crippen molar-refractivity contribution in [3.05, 3.63) is 19.0 Å². The minimum Gasteiger partial charge on any atom is -0.380 e. The van der Waals surface area contributed by atoms with Crippen molar-refractivity contribution in [2.24, 2.45) is 0 Å². The van der Waals surface area contributed by atoms with Crippen LogP contribution in [0.5, 0.6) is 0 Å². The highest BCUT2D eigenvalue weighted by atomic mass is 127. The van der Waals surface area contributed by atoms with Crippen molar-refractivity contribution in [2.45, 2.75) is 6.92 Å². The number of aryl methyl sites for hydroxylation is 1. The lowest BCUT2D eigenvalue weighted by Crippen LogP contribution is -1.85. The zero-order chi connectivity index (χ0) is 10.3. The number of nitrogens with two attached hydrogens (primary N) is 1. The van der Waals surface area contributed by atoms with Crippen LogP contribution in [0.25, 0.3) is 10.6 Å². The third-order valence-corrected chi connectivity index (χ3v) is 4.92. The second-order valence-electron chi connectivity index (χ2n) is 2.78. The zero-order valence-corrected chi connectivity index (χ0v) is 11.7. The first-order chi connectivity index (χ1) is 6.59. The van der Waals surface area contributed by atoms with Crippen LogP contribution in [0.4, 0.5) is 5.82 Å². The number of nitrogens with zero attached hydrogens (tertiary/aromatic N) is 1. The van der Waals surface area contributed by atoms with E-state index in [1.807, 2.05) is 6.92 Å². The number of hydrogen-bond acceptors (Lipinski definition) is 4. The molecule has 2 heterocycles. The summed E-state index contributed by atoms with van der Waals surface area (Å²) < 4.78 is 7.14. The van der Waals surface area contributed by atoms with E-state index in [0.29, 0.717) is 5.82 Å². The van der Waals surface area contributed by atoms with E-state index in [2.05, 4.69) is 49.7 Å². The van der Waals surface area contributed by atoms with Gasteiger partial charge in [0.25, 0.3) is 0 Å². The fraction of sp³-hybridized carbons (Fsp3) is 0.125. The van der Waals surface area contributed by atoms with Crippen LogP contribution in [0.2, 0.25) is 0 Å². The lowest BCUT2D eigenvalue weighted by atomic mass is 10.3. The summed E-state index contributed by atoms with van der Waals surface area (Å²) in [6, 6.07) is 2.05. The van der Waals surface area contributed by atoms with Gasteiger partial charge in [0.05, 0.1) is 8.66 Å². The Morgan fingerprint density at radius 1 is 1.64 bits per heavy atom. The highest BCUT2D eigenvalue weighted by molar-refractivity contribution is 14.1. The molecule has 6 heteroatoms. The first kappa shape index (κ1) is 10.4. The van der Waals surface area contributed by atoms with Crippen LogP contribution >= 0.6 is 49.9 Å². The van der Waals surface area contributed by atoms with E-state index >= 15 is 0 Å². The first-order valence-electron chi connectivity index (χ1n) is 3.76. The Kier molecular flexibility index (Phi) is 2.85. The quantitative estimate of drug-likeness (QED) is 0.763. The molecule has 0 saturated heterocycles. The van der Waals surface area contributed by atoms with Gasteiger partial charge in [-0.05, 0) is 57.1 Å². The van der Waals surface area contributed by atoms with Gasteiger partial charge in [-0.3, -0.25) is 0 Å². The van der Waals surface area contributed by atoms with Gasteiger partial charge in [0.15, 0.2) is 11.6 Å². The van der Waals surface area contributed by atoms with Crippen molar-refractivity contribution in [2.75, 3.05) is 5.73 Å². The minimum absolute atomic E-state index is 0.447. The fourth-order valence-corrected chi connectivity index (χ4v) is 3.21. The Morgan fingerprint density at radius 2 is 2.36 bits per heavy atom. The fourth-order valence-electron chi connectivity index (χ4n) is 1.02. The molecule has 3 nitrogen and oxygen atoms in total. The lowest BCUT2D eigenvalue weighted by molar-refractivity contribution is 0.436. The maximum absolute atomic E-state index is 5.60. The van der Waals surface area contributed by atoms with Crippen LogP contribution in [0.1, 0.15) is 5.56 Å². The van der Waals surface area contributed by atoms with Crippen LogP contribution in [-0.4, -0.2) is 5.16 Å². The van der Waals surface area contributed by atoms with E-state index in [9.17, 15) is 0 Å². The van der Waals surface area contributed by atoms with Crippen LogP contribution in [-0.2, 0) is 0 Å². The molecule has 0 spiro atoms. The molecular weight excluding hydrogens is 379 g/mol. The molecule has 0 amide bonds. The van der Waals surface area contributed by atoms with Crippen molar-refractivity contribution in [3.8, 4) is 10.6 Å². The minimum atomic E-state index is 0.447. The molecular formula is C8H6BrIN2OS. The molecule has 0 unspecified atom stereocenters. The molecule has 0 saturated carbocycles. The average molecular weight is 385 g/mol. The smallest absolute Gasteiger partial charge is 0.192 e. The van der Waals surface area contributed by atoms with Gasteiger partial charge < -0.3 is 10.3 Å². The van der Waals surface area contributed by atoms with E-state index in [0.717, 1.165) is 18.0 Å². The van der Waals surface area contributed by atoms with Crippen molar-refractivity contribution in [3.63, 3.8) is 0 Å². The Balaban J connectivity index is 2.54. The topological polar surface area (TPSA) is 52.0 Å². The number of nitrogen functional groups attached to an aromatic ring is 1. The van der Waals surface area contributed by atoms with Gasteiger partial charge in [0.1, 0.15) is 3.57 Å². The number of anilines is 1. The second kappa shape index (κ2) is 3.82. The van der Waals surface area contributed by atoms with Crippen molar-refractivity contribution in [1.29, 1.82) is 0 Å². The van der Waals surface area contributed by atoms with Crippen molar-refractivity contribution in [1.82, 2.24) is 5.16 Å². The Hall–Kier alpha value is -0.0800. The summed E-state index contributed by atoms with van der Waals surface area (Å²) in [5, 5.41) is 3.72. The van der Waals surface area contributed by atoms with Gasteiger partial charge in [0.2, 0.25) is 0 Å². The summed E-state index contributed by atoms with van der Waals surface area (Å²) in [7, 11) is 0. The standard InChI is InChI=1S/C8H6BrIN2OS/c1-3-2-4(14-7(3)9)6-5(10)8(11)12-13-6/h2H,1H3,(H2,11,12).